The van der Waals surface area contributed by atoms with Crippen molar-refractivity contribution in [1.82, 2.24) is 9.71 Å². The van der Waals surface area contributed by atoms with Gasteiger partial charge in [0.15, 0.2) is 6.61 Å². The Morgan fingerprint density at radius 1 is 1.33 bits per heavy atom. The number of hydrogen-bond donors (Lipinski definition) is 1. The first-order valence-electron chi connectivity index (χ1n) is 6.33. The molecule has 0 spiro atoms. The van der Waals surface area contributed by atoms with E-state index in [0.717, 1.165) is 0 Å². The summed E-state index contributed by atoms with van der Waals surface area (Å²) in [5, 5.41) is 0. The van der Waals surface area contributed by atoms with Gasteiger partial charge in [0.05, 0.1) is 11.7 Å². The van der Waals surface area contributed by atoms with Crippen LogP contribution in [0.3, 0.4) is 0 Å². The molecule has 1 aromatic rings. The van der Waals surface area contributed by atoms with Gasteiger partial charge in [0.1, 0.15) is 4.75 Å². The summed E-state index contributed by atoms with van der Waals surface area (Å²) in [7, 11) is 0. The SMILES string of the molecule is C[C@@H](N[S@+]([O-])C(C)(C)C)c1cccc(OCC(F)(F)F)n1. The number of pyridine rings is 1. The number of nitrogens with zero attached hydrogens (tertiary/aromatic N) is 1. The normalized spacial score (nSPS) is 15.6. The molecule has 2 atom stereocenters. The summed E-state index contributed by atoms with van der Waals surface area (Å²) in [6, 6.07) is 4.16. The van der Waals surface area contributed by atoms with Crippen LogP contribution in [0.5, 0.6) is 5.88 Å². The molecule has 1 aromatic heterocycles. The fourth-order valence-electron chi connectivity index (χ4n) is 1.31. The summed E-state index contributed by atoms with van der Waals surface area (Å²) in [6.45, 7) is 5.80. The van der Waals surface area contributed by atoms with Gasteiger partial charge in [0.25, 0.3) is 0 Å². The summed E-state index contributed by atoms with van der Waals surface area (Å²) in [5.74, 6) is -0.111. The van der Waals surface area contributed by atoms with Gasteiger partial charge in [-0.05, 0) is 33.8 Å². The van der Waals surface area contributed by atoms with Gasteiger partial charge in [-0.2, -0.15) is 13.2 Å². The average Bonchev–Trinajstić information content (AvgIpc) is 2.34. The van der Waals surface area contributed by atoms with E-state index in [2.05, 4.69) is 14.4 Å². The van der Waals surface area contributed by atoms with Crippen molar-refractivity contribution in [3.63, 3.8) is 0 Å². The second-order valence-electron chi connectivity index (χ2n) is 5.53. The highest BCUT2D eigenvalue weighted by atomic mass is 32.2. The number of ether oxygens (including phenoxy) is 1. The Kier molecular flexibility index (Phi) is 5.89. The van der Waals surface area contributed by atoms with Gasteiger partial charge >= 0.3 is 6.18 Å². The molecule has 1 rings (SSSR count). The summed E-state index contributed by atoms with van der Waals surface area (Å²) in [4.78, 5) is 3.99. The molecule has 120 valence electrons. The Morgan fingerprint density at radius 3 is 2.48 bits per heavy atom. The highest BCUT2D eigenvalue weighted by Gasteiger charge is 2.30. The molecule has 0 bridgehead atoms. The van der Waals surface area contributed by atoms with E-state index in [4.69, 9.17) is 0 Å². The highest BCUT2D eigenvalue weighted by molar-refractivity contribution is 7.90. The molecule has 0 saturated heterocycles. The van der Waals surface area contributed by atoms with Crippen LogP contribution in [0.4, 0.5) is 13.2 Å². The fourth-order valence-corrected chi connectivity index (χ4v) is 2.10. The lowest BCUT2D eigenvalue weighted by Gasteiger charge is -2.26. The number of alkyl halides is 3. The van der Waals surface area contributed by atoms with Gasteiger partial charge in [-0.15, -0.1) is 4.72 Å². The minimum Gasteiger partial charge on any atom is -0.598 e. The molecule has 4 nitrogen and oxygen atoms in total. The van der Waals surface area contributed by atoms with E-state index < -0.39 is 28.9 Å². The van der Waals surface area contributed by atoms with Crippen LogP contribution in [-0.4, -0.2) is 27.1 Å². The zero-order valence-corrected chi connectivity index (χ0v) is 13.1. The maximum atomic E-state index is 12.1. The summed E-state index contributed by atoms with van der Waals surface area (Å²) in [6.07, 6.45) is -4.41. The lowest BCUT2D eigenvalue weighted by molar-refractivity contribution is -0.154. The molecule has 1 N–H and O–H groups in total. The minimum atomic E-state index is -4.41. The standard InChI is InChI=1S/C13H19F3N2O2S/c1-9(18-21(19)12(2,3)4)10-6-5-7-11(17-10)20-8-13(14,15)16/h5-7,9,18H,8H2,1-4H3/t9-,21-/m1/s1. The molecule has 0 aromatic carbocycles. The monoisotopic (exact) mass is 324 g/mol. The Bertz CT molecular complexity index is 463. The van der Waals surface area contributed by atoms with Crippen molar-refractivity contribution in [3.8, 4) is 5.88 Å². The van der Waals surface area contributed by atoms with Crippen LogP contribution in [0, 0.1) is 0 Å². The van der Waals surface area contributed by atoms with E-state index in [0.29, 0.717) is 5.69 Å². The fraction of sp³-hybridized carbons (Fsp3) is 0.615. The van der Waals surface area contributed by atoms with Gasteiger partial charge in [0.2, 0.25) is 5.88 Å². The van der Waals surface area contributed by atoms with Crippen LogP contribution in [0.15, 0.2) is 18.2 Å². The van der Waals surface area contributed by atoms with Crippen molar-refractivity contribution in [2.75, 3.05) is 6.61 Å². The number of rotatable bonds is 5. The second kappa shape index (κ2) is 6.85. The Labute approximate surface area is 125 Å². The van der Waals surface area contributed by atoms with Crippen molar-refractivity contribution in [3.05, 3.63) is 23.9 Å². The smallest absolute Gasteiger partial charge is 0.422 e. The molecule has 0 aliphatic carbocycles. The van der Waals surface area contributed by atoms with E-state index in [1.165, 1.54) is 6.07 Å². The molecule has 0 saturated carbocycles. The summed E-state index contributed by atoms with van der Waals surface area (Å²) in [5.41, 5.74) is 0.465. The Hall–Kier alpha value is -0.990. The molecule has 0 radical (unpaired) electrons. The predicted molar refractivity (Wildman–Crippen MR) is 75.2 cm³/mol. The van der Waals surface area contributed by atoms with Crippen LogP contribution in [0.25, 0.3) is 0 Å². The number of halogens is 3. The van der Waals surface area contributed by atoms with Crippen LogP contribution >= 0.6 is 0 Å². The molecular weight excluding hydrogens is 305 g/mol. The molecule has 21 heavy (non-hydrogen) atoms. The van der Waals surface area contributed by atoms with Crippen molar-refractivity contribution in [1.29, 1.82) is 0 Å². The number of aromatic nitrogens is 1. The maximum Gasteiger partial charge on any atom is 0.422 e. The third-order valence-electron chi connectivity index (χ3n) is 2.41. The molecule has 0 amide bonds. The van der Waals surface area contributed by atoms with Crippen molar-refractivity contribution in [2.24, 2.45) is 0 Å². The first-order chi connectivity index (χ1) is 9.49. The first-order valence-corrected chi connectivity index (χ1v) is 7.48. The minimum absolute atomic E-state index is 0.111. The third kappa shape index (κ3) is 6.54. The number of nitrogens with one attached hydrogen (secondary N) is 1. The number of hydrogen-bond acceptors (Lipinski definition) is 4. The van der Waals surface area contributed by atoms with E-state index in [-0.39, 0.29) is 11.9 Å². The molecule has 0 unspecified atom stereocenters. The predicted octanol–water partition coefficient (Wildman–Crippen LogP) is 3.14. The average molecular weight is 324 g/mol. The topological polar surface area (TPSA) is 57.2 Å². The molecule has 0 aliphatic heterocycles. The third-order valence-corrected chi connectivity index (χ3v) is 4.09. The molecule has 8 heteroatoms. The van der Waals surface area contributed by atoms with Crippen molar-refractivity contribution in [2.45, 2.75) is 44.7 Å². The molecular formula is C13H19F3N2O2S. The van der Waals surface area contributed by atoms with E-state index in [9.17, 15) is 17.7 Å². The van der Waals surface area contributed by atoms with Gasteiger partial charge in [-0.3, -0.25) is 0 Å². The lowest BCUT2D eigenvalue weighted by atomic mass is 10.2. The largest absolute Gasteiger partial charge is 0.598 e. The zero-order chi connectivity index (χ0) is 16.3. The van der Waals surface area contributed by atoms with Crippen molar-refractivity contribution < 1.29 is 22.5 Å². The van der Waals surface area contributed by atoms with Crippen LogP contribution in [0.1, 0.15) is 39.4 Å². The highest BCUT2D eigenvalue weighted by Crippen LogP contribution is 2.21. The van der Waals surface area contributed by atoms with Gasteiger partial charge in [-0.1, -0.05) is 6.07 Å². The first kappa shape index (κ1) is 18.1. The lowest BCUT2D eigenvalue weighted by Crippen LogP contribution is -2.40. The summed E-state index contributed by atoms with van der Waals surface area (Å²) >= 11 is -1.30. The van der Waals surface area contributed by atoms with Gasteiger partial charge in [-0.25, -0.2) is 4.98 Å². The Morgan fingerprint density at radius 2 is 1.95 bits per heavy atom. The second-order valence-corrected chi connectivity index (χ2v) is 7.52. The quantitative estimate of drug-likeness (QED) is 0.846. The molecule has 0 fully saturated rings. The summed E-state index contributed by atoms with van der Waals surface area (Å²) < 4.78 is 55.3. The molecule has 0 aliphatic rings. The van der Waals surface area contributed by atoms with Crippen LogP contribution < -0.4 is 9.46 Å². The van der Waals surface area contributed by atoms with E-state index >= 15 is 0 Å². The van der Waals surface area contributed by atoms with Gasteiger partial charge in [0, 0.05) is 17.4 Å². The van der Waals surface area contributed by atoms with Crippen LogP contribution in [-0.2, 0) is 11.4 Å². The van der Waals surface area contributed by atoms with E-state index in [1.54, 1.807) is 19.1 Å². The van der Waals surface area contributed by atoms with Crippen molar-refractivity contribution >= 4 is 11.4 Å². The van der Waals surface area contributed by atoms with Crippen LogP contribution in [0.2, 0.25) is 0 Å². The Balaban J connectivity index is 2.71. The van der Waals surface area contributed by atoms with E-state index in [1.807, 2.05) is 20.8 Å². The zero-order valence-electron chi connectivity index (χ0n) is 12.3. The van der Waals surface area contributed by atoms with Gasteiger partial charge < -0.3 is 9.29 Å². The molecule has 1 heterocycles. The maximum absolute atomic E-state index is 12.1.